The number of nitrogens with one attached hydrogen (secondary N) is 1. The van der Waals surface area contributed by atoms with E-state index in [1.165, 1.54) is 11.3 Å². The van der Waals surface area contributed by atoms with Crippen LogP contribution in [0.3, 0.4) is 0 Å². The molecule has 3 aliphatic heterocycles. The molecule has 37 heavy (non-hydrogen) atoms. The molecule has 3 N–H and O–H groups in total. The first-order valence-corrected chi connectivity index (χ1v) is 13.6. The zero-order valence-corrected chi connectivity index (χ0v) is 21.5. The summed E-state index contributed by atoms with van der Waals surface area (Å²) >= 11 is 8.11. The molecule has 0 atom stereocenters. The number of benzene rings is 2. The summed E-state index contributed by atoms with van der Waals surface area (Å²) in [5.74, 6) is 0.667. The summed E-state index contributed by atoms with van der Waals surface area (Å²) in [7, 11) is 0. The number of fused-ring (bicyclic) bond motifs is 2. The number of halogens is 3. The Bertz CT molecular complexity index is 1510. The topological polar surface area (TPSA) is 86.4 Å². The van der Waals surface area contributed by atoms with Crippen molar-refractivity contribution in [3.8, 4) is 11.1 Å². The van der Waals surface area contributed by atoms with E-state index in [4.69, 9.17) is 27.3 Å². The molecule has 5 heterocycles. The van der Waals surface area contributed by atoms with Crippen LogP contribution in [0.4, 0.5) is 25.7 Å². The highest BCUT2D eigenvalue weighted by molar-refractivity contribution is 7.22. The molecule has 0 aliphatic carbocycles. The molecule has 12 heteroatoms. The number of aromatic nitrogens is 3. The zero-order chi connectivity index (χ0) is 25.3. The average Bonchev–Trinajstić information content (AvgIpc) is 3.23. The smallest absolute Gasteiger partial charge is 0.228 e. The molecule has 3 aliphatic rings. The van der Waals surface area contributed by atoms with Crippen LogP contribution in [0.15, 0.2) is 24.3 Å². The third-order valence-electron chi connectivity index (χ3n) is 7.50. The molecule has 3 fully saturated rings. The number of hydrogen-bond donors (Lipinski definition) is 2. The number of nitrogen functional groups attached to an aromatic ring is 1. The second-order valence-corrected chi connectivity index (χ2v) is 11.3. The van der Waals surface area contributed by atoms with Crippen LogP contribution in [0.2, 0.25) is 5.02 Å². The maximum atomic E-state index is 16.4. The minimum Gasteiger partial charge on any atom is -0.375 e. The van der Waals surface area contributed by atoms with Gasteiger partial charge in [-0.25, -0.2) is 18.7 Å². The number of nitrogens with zero attached hydrogens (tertiary/aromatic N) is 6. The Morgan fingerprint density at radius 2 is 1.81 bits per heavy atom. The monoisotopic (exact) mass is 542 g/mol. The van der Waals surface area contributed by atoms with Crippen LogP contribution in [0.25, 0.3) is 32.2 Å². The minimum atomic E-state index is -0.736. The maximum absolute atomic E-state index is 16.4. The number of alkyl halides is 1. The van der Waals surface area contributed by atoms with Gasteiger partial charge in [0.1, 0.15) is 17.5 Å². The summed E-state index contributed by atoms with van der Waals surface area (Å²) in [5, 5.41) is 4.63. The van der Waals surface area contributed by atoms with Crippen LogP contribution in [0.5, 0.6) is 0 Å². The van der Waals surface area contributed by atoms with Crippen molar-refractivity contribution in [2.75, 3.05) is 67.9 Å². The Morgan fingerprint density at radius 1 is 1.03 bits per heavy atom. The predicted molar refractivity (Wildman–Crippen MR) is 145 cm³/mol. The molecule has 8 nitrogen and oxygen atoms in total. The number of para-hydroxylation sites is 1. The highest BCUT2D eigenvalue weighted by Crippen LogP contribution is 2.42. The Labute approximate surface area is 221 Å². The number of hydrogen-bond acceptors (Lipinski definition) is 9. The van der Waals surface area contributed by atoms with E-state index in [9.17, 15) is 4.39 Å². The average molecular weight is 543 g/mol. The molecular formula is C25H25ClF2N8S. The molecule has 7 rings (SSSR count). The van der Waals surface area contributed by atoms with Crippen molar-refractivity contribution < 1.29 is 8.78 Å². The maximum Gasteiger partial charge on any atom is 0.228 e. The van der Waals surface area contributed by atoms with Gasteiger partial charge < -0.3 is 20.9 Å². The summed E-state index contributed by atoms with van der Waals surface area (Å²) in [6.45, 7) is 5.47. The Hall–Kier alpha value is -2.86. The summed E-state index contributed by atoms with van der Waals surface area (Å²) in [4.78, 5) is 20.4. The molecule has 2 aromatic heterocycles. The van der Waals surface area contributed by atoms with Crippen molar-refractivity contribution in [1.29, 1.82) is 0 Å². The van der Waals surface area contributed by atoms with Gasteiger partial charge in [-0.15, -0.1) is 0 Å². The molecule has 192 valence electrons. The lowest BCUT2D eigenvalue weighted by Gasteiger charge is -2.50. The summed E-state index contributed by atoms with van der Waals surface area (Å²) < 4.78 is 30.7. The Morgan fingerprint density at radius 3 is 2.57 bits per heavy atom. The van der Waals surface area contributed by atoms with Gasteiger partial charge in [0.2, 0.25) is 5.95 Å². The largest absolute Gasteiger partial charge is 0.375 e. The summed E-state index contributed by atoms with van der Waals surface area (Å²) in [6, 6.07) is 7.61. The van der Waals surface area contributed by atoms with Crippen molar-refractivity contribution in [3.63, 3.8) is 0 Å². The van der Waals surface area contributed by atoms with Crippen molar-refractivity contribution in [3.05, 3.63) is 35.1 Å². The van der Waals surface area contributed by atoms with Gasteiger partial charge >= 0.3 is 0 Å². The first kappa shape index (κ1) is 23.3. The van der Waals surface area contributed by atoms with E-state index < -0.39 is 12.0 Å². The molecule has 0 bridgehead atoms. The van der Waals surface area contributed by atoms with Gasteiger partial charge in [-0.05, 0) is 12.1 Å². The van der Waals surface area contributed by atoms with Gasteiger partial charge in [0.05, 0.1) is 15.2 Å². The number of nitrogens with two attached hydrogens (primary N) is 1. The van der Waals surface area contributed by atoms with E-state index in [2.05, 4.69) is 20.1 Å². The van der Waals surface area contributed by atoms with Crippen LogP contribution in [0.1, 0.15) is 0 Å². The van der Waals surface area contributed by atoms with Crippen LogP contribution < -0.4 is 20.9 Å². The van der Waals surface area contributed by atoms with Gasteiger partial charge in [-0.2, -0.15) is 4.98 Å². The molecule has 3 saturated heterocycles. The lowest BCUT2D eigenvalue weighted by molar-refractivity contribution is 0.0169. The van der Waals surface area contributed by atoms with Crippen molar-refractivity contribution >= 4 is 61.0 Å². The van der Waals surface area contributed by atoms with Gasteiger partial charge in [0.15, 0.2) is 10.9 Å². The van der Waals surface area contributed by atoms with Gasteiger partial charge in [-0.3, -0.25) is 4.90 Å². The number of thiazole rings is 1. The fourth-order valence-electron chi connectivity index (χ4n) is 5.44. The standard InChI is InChI=1S/C25H25ClF2N8S/c26-17-8-16-22(20(28)19(17)15-2-1-3-18-21(15)31-24(29)37-18)32-25(33-23(16)34-6-4-30-5-7-34)36-11-14(12-36)35-9-13(27)10-35/h1-3,8,13-14,30H,4-7,9-12H2,(H2,29,31). The minimum absolute atomic E-state index is 0.231. The highest BCUT2D eigenvalue weighted by Gasteiger charge is 2.40. The molecule has 4 aromatic rings. The number of piperazine rings is 1. The van der Waals surface area contributed by atoms with Crippen LogP contribution in [0, 0.1) is 5.82 Å². The van der Waals surface area contributed by atoms with E-state index in [0.29, 0.717) is 59.5 Å². The quantitative estimate of drug-likeness (QED) is 0.405. The van der Waals surface area contributed by atoms with Gasteiger partial charge in [0.25, 0.3) is 0 Å². The van der Waals surface area contributed by atoms with E-state index >= 15 is 4.39 Å². The third kappa shape index (κ3) is 3.87. The van der Waals surface area contributed by atoms with Crippen LogP contribution >= 0.6 is 22.9 Å². The number of anilines is 3. The van der Waals surface area contributed by atoms with Gasteiger partial charge in [0, 0.05) is 74.9 Å². The summed E-state index contributed by atoms with van der Waals surface area (Å²) in [5.41, 5.74) is 7.65. The molecule has 0 unspecified atom stereocenters. The number of likely N-dealkylation sites (tertiary alicyclic amines) is 1. The highest BCUT2D eigenvalue weighted by atomic mass is 35.5. The third-order valence-corrected chi connectivity index (χ3v) is 8.65. The second kappa shape index (κ2) is 8.87. The van der Waals surface area contributed by atoms with Gasteiger partial charge in [-0.1, -0.05) is 35.1 Å². The van der Waals surface area contributed by atoms with E-state index in [-0.39, 0.29) is 22.1 Å². The van der Waals surface area contributed by atoms with Crippen molar-refractivity contribution in [2.45, 2.75) is 12.2 Å². The zero-order valence-electron chi connectivity index (χ0n) is 19.9. The first-order valence-electron chi connectivity index (χ1n) is 12.4. The first-order chi connectivity index (χ1) is 18.0. The van der Waals surface area contributed by atoms with E-state index in [1.54, 1.807) is 6.07 Å². The fraction of sp³-hybridized carbons (Fsp3) is 0.400. The van der Waals surface area contributed by atoms with Crippen molar-refractivity contribution in [1.82, 2.24) is 25.2 Å². The molecule has 0 amide bonds. The van der Waals surface area contributed by atoms with Crippen molar-refractivity contribution in [2.24, 2.45) is 0 Å². The molecule has 2 aromatic carbocycles. The summed E-state index contributed by atoms with van der Waals surface area (Å²) in [6.07, 6.45) is -0.736. The van der Waals surface area contributed by atoms with E-state index in [1.807, 2.05) is 23.1 Å². The second-order valence-electron chi connectivity index (χ2n) is 9.84. The number of rotatable bonds is 4. The molecule has 0 spiro atoms. The Balaban J connectivity index is 1.36. The van der Waals surface area contributed by atoms with Crippen LogP contribution in [-0.4, -0.2) is 84.4 Å². The normalized spacial score (nSPS) is 19.5. The molecule has 0 radical (unpaired) electrons. The predicted octanol–water partition coefficient (Wildman–Crippen LogP) is 3.53. The SMILES string of the molecule is Nc1nc2c(-c3c(Cl)cc4c(N5CCNCC5)nc(N5CC(N6CC(F)C6)C5)nc4c3F)cccc2s1. The Kier molecular flexibility index (Phi) is 5.58. The fourth-order valence-corrected chi connectivity index (χ4v) is 6.50. The lowest BCUT2D eigenvalue weighted by atomic mass is 10.0. The molecular weight excluding hydrogens is 518 g/mol. The van der Waals surface area contributed by atoms with Crippen LogP contribution in [-0.2, 0) is 0 Å². The molecule has 0 saturated carbocycles. The van der Waals surface area contributed by atoms with E-state index in [0.717, 1.165) is 30.9 Å². The lowest BCUT2D eigenvalue weighted by Crippen LogP contribution is -2.66.